The van der Waals surface area contributed by atoms with Gasteiger partial charge in [-0.25, -0.2) is 0 Å². The summed E-state index contributed by atoms with van der Waals surface area (Å²) in [7, 11) is 0. The third-order valence-corrected chi connectivity index (χ3v) is 4.08. The Kier molecular flexibility index (Phi) is 5.19. The molecular weight excluding hydrogens is 345 g/mol. The summed E-state index contributed by atoms with van der Waals surface area (Å²) in [5.74, 6) is -1.52. The Balaban J connectivity index is 2.25. The van der Waals surface area contributed by atoms with Gasteiger partial charge in [-0.1, -0.05) is 6.07 Å². The van der Waals surface area contributed by atoms with Gasteiger partial charge in [0.2, 0.25) is 0 Å². The van der Waals surface area contributed by atoms with Crippen molar-refractivity contribution in [2.24, 2.45) is 0 Å². The molecule has 0 saturated carbocycles. The normalized spacial score (nSPS) is 16.8. The van der Waals surface area contributed by atoms with E-state index in [2.05, 4.69) is 0 Å². The summed E-state index contributed by atoms with van der Waals surface area (Å²) in [6, 6.07) is 4.70. The van der Waals surface area contributed by atoms with Crippen LogP contribution >= 0.6 is 11.8 Å². The molecule has 2 rings (SSSR count). The third kappa shape index (κ3) is 3.89. The molecule has 1 aliphatic rings. The second kappa shape index (κ2) is 6.97. The van der Waals surface area contributed by atoms with Crippen molar-refractivity contribution < 1.29 is 27.9 Å². The zero-order chi connectivity index (χ0) is 17.9. The van der Waals surface area contributed by atoms with Crippen molar-refractivity contribution in [1.29, 1.82) is 5.26 Å². The summed E-state index contributed by atoms with van der Waals surface area (Å²) in [5.41, 5.74) is -1.17. The molecule has 1 aromatic carbocycles. The second-order valence-electron chi connectivity index (χ2n) is 4.87. The molecule has 1 fully saturated rings. The molecule has 1 aromatic rings. The number of halogens is 3. The van der Waals surface area contributed by atoms with Crippen molar-refractivity contribution in [2.45, 2.75) is 19.0 Å². The van der Waals surface area contributed by atoms with E-state index in [1.807, 2.05) is 6.07 Å². The van der Waals surface area contributed by atoms with Gasteiger partial charge in [0.1, 0.15) is 5.75 Å². The predicted octanol–water partition coefficient (Wildman–Crippen LogP) is 3.75. The molecule has 0 aromatic heterocycles. The molecule has 1 N–H and O–H groups in total. The van der Waals surface area contributed by atoms with Crippen molar-refractivity contribution in [1.82, 2.24) is 4.90 Å². The minimum atomic E-state index is -4.73. The minimum Gasteiger partial charge on any atom is -0.507 e. The number of amides is 2. The number of thioether (sulfide) groups is 1. The van der Waals surface area contributed by atoms with E-state index >= 15 is 0 Å². The summed E-state index contributed by atoms with van der Waals surface area (Å²) in [6.07, 6.45) is -3.04. The molecule has 2 amide bonds. The van der Waals surface area contributed by atoms with E-state index in [1.54, 1.807) is 0 Å². The highest BCUT2D eigenvalue weighted by atomic mass is 32.2. The second-order valence-corrected chi connectivity index (χ2v) is 5.86. The Labute approximate surface area is 139 Å². The topological polar surface area (TPSA) is 81.4 Å². The van der Waals surface area contributed by atoms with Crippen LogP contribution in [0.25, 0.3) is 6.08 Å². The van der Waals surface area contributed by atoms with Gasteiger partial charge in [-0.2, -0.15) is 18.4 Å². The van der Waals surface area contributed by atoms with Crippen LogP contribution in [0.3, 0.4) is 0 Å². The van der Waals surface area contributed by atoms with Crippen LogP contribution < -0.4 is 0 Å². The molecule has 1 saturated heterocycles. The molecule has 1 heterocycles. The van der Waals surface area contributed by atoms with Crippen LogP contribution in [0.15, 0.2) is 23.1 Å². The summed E-state index contributed by atoms with van der Waals surface area (Å²) >= 11 is 0.624. The van der Waals surface area contributed by atoms with Crippen molar-refractivity contribution in [3.63, 3.8) is 0 Å². The van der Waals surface area contributed by atoms with Crippen LogP contribution in [-0.2, 0) is 11.0 Å². The largest absolute Gasteiger partial charge is 0.507 e. The van der Waals surface area contributed by atoms with Gasteiger partial charge in [0.15, 0.2) is 0 Å². The summed E-state index contributed by atoms with van der Waals surface area (Å²) in [6.45, 7) is 0.0823. The molecule has 5 nitrogen and oxygen atoms in total. The van der Waals surface area contributed by atoms with E-state index in [-0.39, 0.29) is 23.4 Å². The molecule has 0 atom stereocenters. The molecule has 9 heteroatoms. The number of alkyl halides is 3. The van der Waals surface area contributed by atoms with E-state index in [0.29, 0.717) is 24.2 Å². The molecule has 126 valence electrons. The SMILES string of the molecule is N#CCCCN1C(=O)S/C(=C\c2ccc(O)c(C(F)(F)F)c2)C1=O. The number of nitrogens with zero attached hydrogens (tertiary/aromatic N) is 2. The first-order chi connectivity index (χ1) is 11.2. The zero-order valence-electron chi connectivity index (χ0n) is 12.1. The fourth-order valence-electron chi connectivity index (χ4n) is 2.03. The number of aromatic hydroxyl groups is 1. The highest BCUT2D eigenvalue weighted by molar-refractivity contribution is 8.18. The van der Waals surface area contributed by atoms with E-state index in [1.165, 1.54) is 12.1 Å². The standard InChI is InChI=1S/C15H11F3N2O3S/c16-15(17,18)10-7-9(3-4-11(10)21)8-12-13(22)20(14(23)24-12)6-2-1-5-19/h3-4,7-8,21H,1-2,6H2/b12-8-. The summed E-state index contributed by atoms with van der Waals surface area (Å²) in [4.78, 5) is 24.9. The van der Waals surface area contributed by atoms with Crippen molar-refractivity contribution in [2.75, 3.05) is 6.54 Å². The van der Waals surface area contributed by atoms with Crippen LogP contribution in [-0.4, -0.2) is 27.7 Å². The van der Waals surface area contributed by atoms with E-state index in [4.69, 9.17) is 5.26 Å². The number of nitriles is 1. The molecule has 0 bridgehead atoms. The van der Waals surface area contributed by atoms with Crippen LogP contribution in [0.2, 0.25) is 0 Å². The van der Waals surface area contributed by atoms with E-state index in [0.717, 1.165) is 11.0 Å². The average Bonchev–Trinajstić information content (AvgIpc) is 2.75. The lowest BCUT2D eigenvalue weighted by atomic mass is 10.1. The van der Waals surface area contributed by atoms with Crippen LogP contribution in [0.5, 0.6) is 5.75 Å². The smallest absolute Gasteiger partial charge is 0.419 e. The first-order valence-electron chi connectivity index (χ1n) is 6.76. The third-order valence-electron chi connectivity index (χ3n) is 3.17. The number of carbonyl (C=O) groups is 2. The molecule has 1 aliphatic heterocycles. The highest BCUT2D eigenvalue weighted by Gasteiger charge is 2.36. The van der Waals surface area contributed by atoms with E-state index < -0.39 is 28.6 Å². The maximum atomic E-state index is 12.8. The zero-order valence-corrected chi connectivity index (χ0v) is 12.9. The number of unbranched alkanes of at least 4 members (excludes halogenated alkanes) is 1. The Morgan fingerprint density at radius 1 is 1.33 bits per heavy atom. The van der Waals surface area contributed by atoms with Gasteiger partial charge in [0.05, 0.1) is 16.5 Å². The molecule has 0 unspecified atom stereocenters. The number of hydrogen-bond acceptors (Lipinski definition) is 5. The molecule has 24 heavy (non-hydrogen) atoms. The Morgan fingerprint density at radius 2 is 2.04 bits per heavy atom. The molecule has 0 aliphatic carbocycles. The van der Waals surface area contributed by atoms with Crippen molar-refractivity contribution in [3.05, 3.63) is 34.2 Å². The maximum Gasteiger partial charge on any atom is 0.419 e. The Hall–Kier alpha value is -2.47. The Bertz CT molecular complexity index is 753. The van der Waals surface area contributed by atoms with Crippen molar-refractivity contribution in [3.8, 4) is 11.8 Å². The lowest BCUT2D eigenvalue weighted by molar-refractivity contribution is -0.138. The number of carbonyl (C=O) groups excluding carboxylic acids is 2. The predicted molar refractivity (Wildman–Crippen MR) is 80.6 cm³/mol. The van der Waals surface area contributed by atoms with E-state index in [9.17, 15) is 27.9 Å². The number of phenolic OH excluding ortho intramolecular Hbond substituents is 1. The maximum absolute atomic E-state index is 12.8. The lowest BCUT2D eigenvalue weighted by Crippen LogP contribution is -2.29. The van der Waals surface area contributed by atoms with Gasteiger partial charge in [-0.3, -0.25) is 14.5 Å². The number of imide groups is 1. The van der Waals surface area contributed by atoms with Gasteiger partial charge in [-0.05, 0) is 42.0 Å². The minimum absolute atomic E-state index is 0.00391. The van der Waals surface area contributed by atoms with Crippen LogP contribution in [0, 0.1) is 11.3 Å². The molecule has 0 radical (unpaired) electrons. The van der Waals surface area contributed by atoms with Gasteiger partial charge < -0.3 is 5.11 Å². The monoisotopic (exact) mass is 356 g/mol. The number of hydrogen-bond donors (Lipinski definition) is 1. The molecular formula is C15H11F3N2O3S. The number of phenols is 1. The van der Waals surface area contributed by atoms with Gasteiger partial charge >= 0.3 is 6.18 Å². The van der Waals surface area contributed by atoms with Gasteiger partial charge in [-0.15, -0.1) is 0 Å². The van der Waals surface area contributed by atoms with Gasteiger partial charge in [0, 0.05) is 13.0 Å². The first kappa shape index (κ1) is 17.9. The van der Waals surface area contributed by atoms with Crippen LogP contribution in [0.1, 0.15) is 24.0 Å². The van der Waals surface area contributed by atoms with Crippen molar-refractivity contribution >= 4 is 29.0 Å². The quantitative estimate of drug-likeness (QED) is 0.656. The lowest BCUT2D eigenvalue weighted by Gasteiger charge is -2.11. The first-order valence-corrected chi connectivity index (χ1v) is 7.58. The van der Waals surface area contributed by atoms with Gasteiger partial charge in [0.25, 0.3) is 11.1 Å². The average molecular weight is 356 g/mol. The summed E-state index contributed by atoms with van der Waals surface area (Å²) < 4.78 is 38.3. The summed E-state index contributed by atoms with van der Waals surface area (Å²) in [5, 5.41) is 17.2. The molecule has 0 spiro atoms. The van der Waals surface area contributed by atoms with Crippen LogP contribution in [0.4, 0.5) is 18.0 Å². The Morgan fingerprint density at radius 3 is 2.67 bits per heavy atom. The number of benzene rings is 1. The number of rotatable bonds is 4. The highest BCUT2D eigenvalue weighted by Crippen LogP contribution is 2.38. The fourth-order valence-corrected chi connectivity index (χ4v) is 2.90. The fraction of sp³-hybridized carbons (Fsp3) is 0.267.